The summed E-state index contributed by atoms with van der Waals surface area (Å²) in [5.74, 6) is -0.387. The Morgan fingerprint density at radius 3 is 3.00 bits per heavy atom. The van der Waals surface area contributed by atoms with Crippen molar-refractivity contribution >= 4 is 38.4 Å². The van der Waals surface area contributed by atoms with Crippen LogP contribution >= 0.6 is 27.3 Å². The third-order valence-electron chi connectivity index (χ3n) is 2.20. The van der Waals surface area contributed by atoms with Gasteiger partial charge in [0, 0.05) is 10.0 Å². The highest BCUT2D eigenvalue weighted by Gasteiger charge is 2.19. The van der Waals surface area contributed by atoms with Gasteiger partial charge in [0.25, 0.3) is 0 Å². The number of ether oxygens (including phenoxy) is 1. The maximum Gasteiger partial charge on any atom is 0.350 e. The molecule has 0 aliphatic rings. The fourth-order valence-corrected chi connectivity index (χ4v) is 2.65. The normalized spacial score (nSPS) is 10.3. The Labute approximate surface area is 117 Å². The van der Waals surface area contributed by atoms with E-state index in [4.69, 9.17) is 10.5 Å². The van der Waals surface area contributed by atoms with Crippen LogP contribution < -0.4 is 5.73 Å². The molecule has 0 unspecified atom stereocenters. The number of rotatable bonds is 3. The molecule has 1 aromatic carbocycles. The first-order valence-electron chi connectivity index (χ1n) is 5.31. The predicted octanol–water partition coefficient (Wildman–Crippen LogP) is 3.33. The second-order valence-corrected chi connectivity index (χ2v) is 5.41. The zero-order chi connectivity index (χ0) is 13.1. The van der Waals surface area contributed by atoms with Crippen molar-refractivity contribution in [3.63, 3.8) is 0 Å². The Hall–Kier alpha value is -1.40. The summed E-state index contributed by atoms with van der Waals surface area (Å²) in [4.78, 5) is 16.5. The highest BCUT2D eigenvalue weighted by atomic mass is 79.9. The zero-order valence-electron chi connectivity index (χ0n) is 9.64. The molecule has 2 N–H and O–H groups in total. The van der Waals surface area contributed by atoms with Crippen LogP contribution in [0.4, 0.5) is 5.13 Å². The van der Waals surface area contributed by atoms with Gasteiger partial charge in [0.05, 0.1) is 12.3 Å². The molecule has 1 heterocycles. The first-order chi connectivity index (χ1) is 8.61. The van der Waals surface area contributed by atoms with Crippen LogP contribution in [0.15, 0.2) is 28.7 Å². The Bertz CT molecular complexity index is 583. The lowest BCUT2D eigenvalue weighted by Crippen LogP contribution is -2.03. The van der Waals surface area contributed by atoms with E-state index in [0.29, 0.717) is 22.3 Å². The molecule has 0 aliphatic carbocycles. The van der Waals surface area contributed by atoms with Crippen molar-refractivity contribution < 1.29 is 9.53 Å². The van der Waals surface area contributed by atoms with E-state index in [-0.39, 0.29) is 5.97 Å². The summed E-state index contributed by atoms with van der Waals surface area (Å²) in [5, 5.41) is 0.355. The molecule has 1 aromatic heterocycles. The Balaban J connectivity index is 2.47. The monoisotopic (exact) mass is 326 g/mol. The van der Waals surface area contributed by atoms with Crippen LogP contribution in [0.5, 0.6) is 0 Å². The van der Waals surface area contributed by atoms with Crippen molar-refractivity contribution in [2.24, 2.45) is 0 Å². The van der Waals surface area contributed by atoms with Crippen molar-refractivity contribution in [3.05, 3.63) is 33.6 Å². The van der Waals surface area contributed by atoms with E-state index in [9.17, 15) is 4.79 Å². The lowest BCUT2D eigenvalue weighted by molar-refractivity contribution is 0.0532. The maximum atomic E-state index is 11.8. The van der Waals surface area contributed by atoms with Gasteiger partial charge in [-0.2, -0.15) is 0 Å². The van der Waals surface area contributed by atoms with Crippen molar-refractivity contribution in [1.29, 1.82) is 0 Å². The summed E-state index contributed by atoms with van der Waals surface area (Å²) >= 11 is 4.53. The SMILES string of the molecule is CCOC(=O)c1sc(N)nc1-c1cccc(Br)c1. The highest BCUT2D eigenvalue weighted by Crippen LogP contribution is 2.31. The number of hydrogen-bond donors (Lipinski definition) is 1. The molecular weight excluding hydrogens is 316 g/mol. The van der Waals surface area contributed by atoms with Gasteiger partial charge in [-0.05, 0) is 19.1 Å². The van der Waals surface area contributed by atoms with Crippen LogP contribution in [0.1, 0.15) is 16.6 Å². The predicted molar refractivity (Wildman–Crippen MR) is 75.6 cm³/mol. The number of nitrogen functional groups attached to an aromatic ring is 1. The number of carbonyl (C=O) groups excluding carboxylic acids is 1. The Morgan fingerprint density at radius 2 is 2.33 bits per heavy atom. The van der Waals surface area contributed by atoms with Gasteiger partial charge >= 0.3 is 5.97 Å². The first-order valence-corrected chi connectivity index (χ1v) is 6.92. The average molecular weight is 327 g/mol. The summed E-state index contributed by atoms with van der Waals surface area (Å²) in [6.45, 7) is 2.09. The number of thiazole rings is 1. The number of esters is 1. The topological polar surface area (TPSA) is 65.2 Å². The van der Waals surface area contributed by atoms with E-state index in [2.05, 4.69) is 20.9 Å². The minimum Gasteiger partial charge on any atom is -0.462 e. The highest BCUT2D eigenvalue weighted by molar-refractivity contribution is 9.10. The molecule has 2 rings (SSSR count). The lowest BCUT2D eigenvalue weighted by atomic mass is 10.1. The van der Waals surface area contributed by atoms with Crippen LogP contribution in [0, 0.1) is 0 Å². The number of nitrogens with zero attached hydrogens (tertiary/aromatic N) is 1. The molecule has 2 aromatic rings. The number of aromatic nitrogens is 1. The molecule has 94 valence electrons. The largest absolute Gasteiger partial charge is 0.462 e. The summed E-state index contributed by atoms with van der Waals surface area (Å²) in [6, 6.07) is 7.55. The number of nitrogens with two attached hydrogens (primary N) is 1. The number of halogens is 1. The van der Waals surface area contributed by atoms with Gasteiger partial charge in [-0.15, -0.1) is 0 Å². The van der Waals surface area contributed by atoms with E-state index in [0.717, 1.165) is 21.4 Å². The average Bonchev–Trinajstić information content (AvgIpc) is 2.72. The van der Waals surface area contributed by atoms with Gasteiger partial charge in [-0.3, -0.25) is 0 Å². The molecule has 0 spiro atoms. The Morgan fingerprint density at radius 1 is 1.56 bits per heavy atom. The van der Waals surface area contributed by atoms with Crippen molar-refractivity contribution in [1.82, 2.24) is 4.98 Å². The molecule has 0 aliphatic heterocycles. The third kappa shape index (κ3) is 2.70. The molecule has 0 fully saturated rings. The van der Waals surface area contributed by atoms with Gasteiger partial charge in [-0.25, -0.2) is 9.78 Å². The maximum absolute atomic E-state index is 11.8. The smallest absolute Gasteiger partial charge is 0.350 e. The second kappa shape index (κ2) is 5.49. The summed E-state index contributed by atoms with van der Waals surface area (Å²) in [7, 11) is 0. The fraction of sp³-hybridized carbons (Fsp3) is 0.167. The standard InChI is InChI=1S/C12H11BrN2O2S/c1-2-17-11(16)10-9(15-12(14)18-10)7-4-3-5-8(13)6-7/h3-6H,2H2,1H3,(H2,14,15). The number of anilines is 1. The van der Waals surface area contributed by atoms with Crippen molar-refractivity contribution in [2.45, 2.75) is 6.92 Å². The van der Waals surface area contributed by atoms with E-state index in [1.54, 1.807) is 6.92 Å². The number of hydrogen-bond acceptors (Lipinski definition) is 5. The molecule has 4 nitrogen and oxygen atoms in total. The van der Waals surface area contributed by atoms with Gasteiger partial charge < -0.3 is 10.5 Å². The lowest BCUT2D eigenvalue weighted by Gasteiger charge is -2.02. The van der Waals surface area contributed by atoms with E-state index < -0.39 is 0 Å². The van der Waals surface area contributed by atoms with Crippen LogP contribution in [-0.2, 0) is 4.74 Å². The second-order valence-electron chi connectivity index (χ2n) is 3.46. The van der Waals surface area contributed by atoms with Crippen LogP contribution in [-0.4, -0.2) is 17.6 Å². The molecule has 0 atom stereocenters. The van der Waals surface area contributed by atoms with E-state index in [1.807, 2.05) is 24.3 Å². The van der Waals surface area contributed by atoms with Gasteiger partial charge in [0.1, 0.15) is 4.88 Å². The summed E-state index contributed by atoms with van der Waals surface area (Å²) < 4.78 is 5.92. The van der Waals surface area contributed by atoms with Gasteiger partial charge in [0.15, 0.2) is 5.13 Å². The minimum atomic E-state index is -0.387. The molecule has 0 saturated heterocycles. The Kier molecular flexibility index (Phi) is 3.98. The van der Waals surface area contributed by atoms with Gasteiger partial charge in [0.2, 0.25) is 0 Å². The van der Waals surface area contributed by atoms with Crippen LogP contribution in [0.2, 0.25) is 0 Å². The molecule has 0 saturated carbocycles. The molecule has 0 amide bonds. The molecule has 18 heavy (non-hydrogen) atoms. The molecular formula is C12H11BrN2O2S. The van der Waals surface area contributed by atoms with Crippen molar-refractivity contribution in [2.75, 3.05) is 12.3 Å². The summed E-state index contributed by atoms with van der Waals surface area (Å²) in [6.07, 6.45) is 0. The summed E-state index contributed by atoms with van der Waals surface area (Å²) in [5.41, 5.74) is 7.08. The fourth-order valence-electron chi connectivity index (χ4n) is 1.50. The molecule has 0 bridgehead atoms. The van der Waals surface area contributed by atoms with E-state index >= 15 is 0 Å². The zero-order valence-corrected chi connectivity index (χ0v) is 12.0. The van der Waals surface area contributed by atoms with Gasteiger partial charge in [-0.1, -0.05) is 39.4 Å². The van der Waals surface area contributed by atoms with E-state index in [1.165, 1.54) is 0 Å². The first kappa shape index (κ1) is 13.0. The van der Waals surface area contributed by atoms with Crippen LogP contribution in [0.3, 0.4) is 0 Å². The minimum absolute atomic E-state index is 0.328. The van der Waals surface area contributed by atoms with Crippen molar-refractivity contribution in [3.8, 4) is 11.3 Å². The molecule has 6 heteroatoms. The third-order valence-corrected chi connectivity index (χ3v) is 3.56. The number of carbonyl (C=O) groups is 1. The van der Waals surface area contributed by atoms with Crippen LogP contribution in [0.25, 0.3) is 11.3 Å². The molecule has 0 radical (unpaired) electrons. The number of benzene rings is 1. The quantitative estimate of drug-likeness (QED) is 0.878.